The van der Waals surface area contributed by atoms with Crippen molar-refractivity contribution in [3.8, 4) is 0 Å². The van der Waals surface area contributed by atoms with Gasteiger partial charge in [0.15, 0.2) is 0 Å². The fourth-order valence-corrected chi connectivity index (χ4v) is 1.98. The molecule has 1 saturated carbocycles. The molecule has 0 saturated heterocycles. The molecule has 0 bridgehead atoms. The van der Waals surface area contributed by atoms with E-state index in [1.54, 1.807) is 6.07 Å². The van der Waals surface area contributed by atoms with Gasteiger partial charge in [0.25, 0.3) is 5.69 Å². The summed E-state index contributed by atoms with van der Waals surface area (Å²) in [6.07, 6.45) is 1.43. The van der Waals surface area contributed by atoms with Crippen molar-refractivity contribution < 1.29 is 9.72 Å². The fourth-order valence-electron chi connectivity index (χ4n) is 1.80. The van der Waals surface area contributed by atoms with E-state index in [0.717, 1.165) is 0 Å². The van der Waals surface area contributed by atoms with E-state index in [2.05, 4.69) is 5.32 Å². The van der Waals surface area contributed by atoms with Gasteiger partial charge in [-0.1, -0.05) is 17.7 Å². The molecular weight excluding hydrogens is 246 g/mol. The van der Waals surface area contributed by atoms with Crippen LogP contribution in [-0.2, 0) is 5.54 Å². The SMILES string of the molecule is NC(=O)NC1(c2ccc(Cl)c([N+](=O)[O-])c2)CC1. The van der Waals surface area contributed by atoms with Crippen LogP contribution in [0.25, 0.3) is 0 Å². The van der Waals surface area contributed by atoms with Gasteiger partial charge in [-0.05, 0) is 24.5 Å². The summed E-state index contributed by atoms with van der Waals surface area (Å²) >= 11 is 5.71. The smallest absolute Gasteiger partial charge is 0.312 e. The highest BCUT2D eigenvalue weighted by Crippen LogP contribution is 2.46. The summed E-state index contributed by atoms with van der Waals surface area (Å²) in [6, 6.07) is 3.86. The summed E-state index contributed by atoms with van der Waals surface area (Å²) in [6.45, 7) is 0. The van der Waals surface area contributed by atoms with Crippen molar-refractivity contribution in [3.05, 3.63) is 38.9 Å². The molecule has 0 heterocycles. The Labute approximate surface area is 102 Å². The van der Waals surface area contributed by atoms with Crippen LogP contribution < -0.4 is 11.1 Å². The van der Waals surface area contributed by atoms with Gasteiger partial charge >= 0.3 is 6.03 Å². The number of carbonyl (C=O) groups is 1. The predicted octanol–water partition coefficient (Wildman–Crippen LogP) is 1.91. The Balaban J connectivity index is 2.37. The summed E-state index contributed by atoms with van der Waals surface area (Å²) in [5.41, 5.74) is 5.01. The first-order valence-corrected chi connectivity index (χ1v) is 5.34. The molecular formula is C10H10ClN3O3. The predicted molar refractivity (Wildman–Crippen MR) is 61.7 cm³/mol. The van der Waals surface area contributed by atoms with Crippen LogP contribution in [0, 0.1) is 10.1 Å². The maximum atomic E-state index is 10.9. The van der Waals surface area contributed by atoms with Crippen molar-refractivity contribution in [2.75, 3.05) is 0 Å². The summed E-state index contributed by atoms with van der Waals surface area (Å²) < 4.78 is 0. The number of halogens is 1. The van der Waals surface area contributed by atoms with E-state index in [9.17, 15) is 14.9 Å². The molecule has 0 aliphatic heterocycles. The second-order valence-electron chi connectivity index (χ2n) is 3.99. The van der Waals surface area contributed by atoms with E-state index < -0.39 is 16.5 Å². The first kappa shape index (κ1) is 11.7. The number of hydrogen-bond donors (Lipinski definition) is 2. The fraction of sp³-hybridized carbons (Fsp3) is 0.300. The second-order valence-corrected chi connectivity index (χ2v) is 4.40. The standard InChI is InChI=1S/C10H10ClN3O3/c11-7-2-1-6(5-8(7)14(16)17)10(3-4-10)13-9(12)15/h1-2,5H,3-4H2,(H3,12,13,15). The number of amides is 2. The number of nitro groups is 1. The van der Waals surface area contributed by atoms with Crippen LogP contribution in [0.3, 0.4) is 0 Å². The number of nitro benzene ring substituents is 1. The molecule has 2 rings (SSSR count). The Hall–Kier alpha value is -1.82. The van der Waals surface area contributed by atoms with Crippen molar-refractivity contribution in [2.24, 2.45) is 5.73 Å². The third-order valence-electron chi connectivity index (χ3n) is 2.81. The minimum atomic E-state index is -0.639. The van der Waals surface area contributed by atoms with Crippen molar-refractivity contribution in [3.63, 3.8) is 0 Å². The monoisotopic (exact) mass is 255 g/mol. The van der Waals surface area contributed by atoms with Crippen LogP contribution >= 0.6 is 11.6 Å². The molecule has 1 aromatic carbocycles. The van der Waals surface area contributed by atoms with Gasteiger partial charge in [-0.2, -0.15) is 0 Å². The molecule has 3 N–H and O–H groups in total. The van der Waals surface area contributed by atoms with Gasteiger partial charge in [-0.15, -0.1) is 0 Å². The summed E-state index contributed by atoms with van der Waals surface area (Å²) in [7, 11) is 0. The highest BCUT2D eigenvalue weighted by atomic mass is 35.5. The maximum absolute atomic E-state index is 10.9. The average molecular weight is 256 g/mol. The summed E-state index contributed by atoms with van der Waals surface area (Å²) in [5, 5.41) is 13.4. The Morgan fingerprint density at radius 1 is 1.53 bits per heavy atom. The van der Waals surface area contributed by atoms with Crippen LogP contribution in [0.5, 0.6) is 0 Å². The van der Waals surface area contributed by atoms with Crippen molar-refractivity contribution in [1.82, 2.24) is 5.32 Å². The largest absolute Gasteiger partial charge is 0.352 e. The minimum absolute atomic E-state index is 0.0774. The van der Waals surface area contributed by atoms with Gasteiger partial charge in [0.2, 0.25) is 0 Å². The number of nitrogens with two attached hydrogens (primary N) is 1. The van der Waals surface area contributed by atoms with Gasteiger partial charge in [-0.3, -0.25) is 10.1 Å². The molecule has 1 fully saturated rings. The average Bonchev–Trinajstić information content (AvgIpc) is 2.97. The van der Waals surface area contributed by atoms with Crippen LogP contribution in [0.15, 0.2) is 18.2 Å². The summed E-state index contributed by atoms with van der Waals surface area (Å²) in [4.78, 5) is 21.1. The van der Waals surface area contributed by atoms with E-state index >= 15 is 0 Å². The van der Waals surface area contributed by atoms with Crippen molar-refractivity contribution in [2.45, 2.75) is 18.4 Å². The minimum Gasteiger partial charge on any atom is -0.352 e. The molecule has 17 heavy (non-hydrogen) atoms. The number of primary amides is 1. The summed E-state index contributed by atoms with van der Waals surface area (Å²) in [5.74, 6) is 0. The molecule has 0 atom stereocenters. The maximum Gasteiger partial charge on any atom is 0.312 e. The van der Waals surface area contributed by atoms with Crippen molar-refractivity contribution in [1.29, 1.82) is 0 Å². The van der Waals surface area contributed by atoms with Crippen LogP contribution in [0.4, 0.5) is 10.5 Å². The van der Waals surface area contributed by atoms with E-state index in [4.69, 9.17) is 17.3 Å². The number of carbonyl (C=O) groups excluding carboxylic acids is 1. The normalized spacial score (nSPS) is 16.3. The first-order chi connectivity index (χ1) is 7.94. The number of nitrogens with zero attached hydrogens (tertiary/aromatic N) is 1. The lowest BCUT2D eigenvalue weighted by Crippen LogP contribution is -2.38. The van der Waals surface area contributed by atoms with E-state index in [1.807, 2.05) is 0 Å². The lowest BCUT2D eigenvalue weighted by Gasteiger charge is -2.16. The zero-order chi connectivity index (χ0) is 12.6. The first-order valence-electron chi connectivity index (χ1n) is 4.97. The van der Waals surface area contributed by atoms with E-state index in [1.165, 1.54) is 12.1 Å². The van der Waals surface area contributed by atoms with Gasteiger partial charge < -0.3 is 11.1 Å². The molecule has 1 aromatic rings. The Bertz CT molecular complexity index is 500. The highest BCUT2D eigenvalue weighted by Gasteiger charge is 2.46. The van der Waals surface area contributed by atoms with Gasteiger partial charge in [0.05, 0.1) is 10.5 Å². The molecule has 0 unspecified atom stereocenters. The Morgan fingerprint density at radius 3 is 2.65 bits per heavy atom. The van der Waals surface area contributed by atoms with E-state index in [-0.39, 0.29) is 10.7 Å². The van der Waals surface area contributed by atoms with E-state index in [0.29, 0.717) is 18.4 Å². The molecule has 1 aliphatic rings. The van der Waals surface area contributed by atoms with Gasteiger partial charge in [-0.25, -0.2) is 4.79 Å². The molecule has 7 heteroatoms. The zero-order valence-electron chi connectivity index (χ0n) is 8.77. The number of benzene rings is 1. The zero-order valence-corrected chi connectivity index (χ0v) is 9.53. The number of urea groups is 1. The van der Waals surface area contributed by atoms with Crippen LogP contribution in [0.2, 0.25) is 5.02 Å². The second kappa shape index (κ2) is 3.89. The Morgan fingerprint density at radius 2 is 2.18 bits per heavy atom. The van der Waals surface area contributed by atoms with Crippen LogP contribution in [-0.4, -0.2) is 11.0 Å². The topological polar surface area (TPSA) is 98.3 Å². The lowest BCUT2D eigenvalue weighted by molar-refractivity contribution is -0.384. The lowest BCUT2D eigenvalue weighted by atomic mass is 10.0. The molecule has 90 valence electrons. The Kier molecular flexibility index (Phi) is 2.66. The quantitative estimate of drug-likeness (QED) is 0.637. The van der Waals surface area contributed by atoms with Gasteiger partial charge in [0, 0.05) is 6.07 Å². The molecule has 0 aromatic heterocycles. The van der Waals surface area contributed by atoms with Crippen molar-refractivity contribution >= 4 is 23.3 Å². The molecule has 0 spiro atoms. The molecule has 0 radical (unpaired) electrons. The number of nitrogens with one attached hydrogen (secondary N) is 1. The molecule has 6 nitrogen and oxygen atoms in total. The highest BCUT2D eigenvalue weighted by molar-refractivity contribution is 6.32. The molecule has 2 amide bonds. The molecule has 1 aliphatic carbocycles. The van der Waals surface area contributed by atoms with Crippen LogP contribution in [0.1, 0.15) is 18.4 Å². The number of rotatable bonds is 3. The third kappa shape index (κ3) is 2.16. The third-order valence-corrected chi connectivity index (χ3v) is 3.13. The number of hydrogen-bond acceptors (Lipinski definition) is 3. The van der Waals surface area contributed by atoms with Gasteiger partial charge in [0.1, 0.15) is 5.02 Å².